The van der Waals surface area contributed by atoms with Gasteiger partial charge in [-0.05, 0) is 63.9 Å². The second-order valence-electron chi connectivity index (χ2n) is 9.01. The highest BCUT2D eigenvalue weighted by molar-refractivity contribution is 7.15. The van der Waals surface area contributed by atoms with Crippen LogP contribution in [0.25, 0.3) is 21.6 Å². The Labute approximate surface area is 196 Å². The fourth-order valence-corrected chi connectivity index (χ4v) is 4.89. The minimum absolute atomic E-state index is 0.303. The van der Waals surface area contributed by atoms with Crippen molar-refractivity contribution in [1.29, 1.82) is 0 Å². The van der Waals surface area contributed by atoms with E-state index in [1.165, 1.54) is 24.1 Å². The lowest BCUT2D eigenvalue weighted by Crippen LogP contribution is -2.43. The van der Waals surface area contributed by atoms with Gasteiger partial charge in [-0.1, -0.05) is 26.3 Å². The van der Waals surface area contributed by atoms with Crippen LogP contribution in [0.1, 0.15) is 58.3 Å². The summed E-state index contributed by atoms with van der Waals surface area (Å²) in [5.41, 5.74) is -1.11. The van der Waals surface area contributed by atoms with Crippen LogP contribution in [0.2, 0.25) is 0 Å². The maximum absolute atomic E-state index is 11.6. The summed E-state index contributed by atoms with van der Waals surface area (Å²) in [7, 11) is 6.38. The summed E-state index contributed by atoms with van der Waals surface area (Å²) in [5, 5.41) is 1.01. The molecule has 0 aliphatic rings. The van der Waals surface area contributed by atoms with Gasteiger partial charge in [-0.25, -0.2) is 4.79 Å². The molecule has 32 heavy (non-hydrogen) atoms. The van der Waals surface area contributed by atoms with Crippen LogP contribution >= 0.6 is 11.3 Å². The second kappa shape index (κ2) is 9.99. The van der Waals surface area contributed by atoms with E-state index in [0.717, 1.165) is 34.1 Å². The molecule has 0 N–H and O–H groups in total. The Bertz CT molecular complexity index is 1080. The molecule has 0 spiro atoms. The topological polar surface area (TPSA) is 48.7 Å². The lowest BCUT2D eigenvalue weighted by molar-refractivity contribution is -0.152. The normalized spacial score (nSPS) is 13.6. The lowest BCUT2D eigenvalue weighted by atomic mass is 9.75. The monoisotopic (exact) mass is 450 g/mol. The van der Waals surface area contributed by atoms with Crippen molar-refractivity contribution < 1.29 is 18.7 Å². The zero-order chi connectivity index (χ0) is 23.4. The van der Waals surface area contributed by atoms with E-state index in [0.29, 0.717) is 12.2 Å². The predicted molar refractivity (Wildman–Crippen MR) is 133 cm³/mol. The van der Waals surface area contributed by atoms with Crippen molar-refractivity contribution >= 4 is 36.1 Å². The van der Waals surface area contributed by atoms with Crippen molar-refractivity contribution in [3.8, 4) is 16.4 Å². The van der Waals surface area contributed by atoms with Crippen LogP contribution in [0.4, 0.5) is 0 Å². The molecule has 3 aromatic rings. The number of carbonyl (C=O) groups is 1. The Hall–Kier alpha value is -2.47. The second-order valence-corrected chi connectivity index (χ2v) is 10.2. The molecule has 0 aliphatic carbocycles. The molecule has 2 aromatic heterocycles. The van der Waals surface area contributed by atoms with Crippen molar-refractivity contribution in [2.75, 3.05) is 0 Å². The van der Waals surface area contributed by atoms with Crippen LogP contribution in [0, 0.1) is 0 Å². The maximum Gasteiger partial charge on any atom is 0.330 e. The molecular weight excluding hydrogens is 419 g/mol. The molecule has 1 aromatic carbocycles. The summed E-state index contributed by atoms with van der Waals surface area (Å²) < 4.78 is 17.5. The van der Waals surface area contributed by atoms with E-state index in [1.807, 2.05) is 18.2 Å². The number of ether oxygens (including phenoxy) is 2. The number of unbranched alkanes of at least 4 members (excludes halogenated alkanes) is 2. The van der Waals surface area contributed by atoms with Gasteiger partial charge in [-0.3, -0.25) is 0 Å². The van der Waals surface area contributed by atoms with Crippen LogP contribution in [-0.4, -0.2) is 24.9 Å². The number of thiophene rings is 1. The van der Waals surface area contributed by atoms with Gasteiger partial charge in [0.2, 0.25) is 0 Å². The SMILES string of the molecule is [B]C(C)(CC(C)(C)OC(=O)C=C)Oc1ccc2cc(-c3ccc(CCCCC)s3)oc2c1. The third kappa shape index (κ3) is 6.52. The molecule has 0 amide bonds. The first-order chi connectivity index (χ1) is 15.1. The molecule has 2 radical (unpaired) electrons. The Morgan fingerprint density at radius 3 is 2.69 bits per heavy atom. The summed E-state index contributed by atoms with van der Waals surface area (Å²) in [4.78, 5) is 14.1. The molecule has 3 rings (SSSR count). The summed E-state index contributed by atoms with van der Waals surface area (Å²) in [6.45, 7) is 11.0. The number of carbonyl (C=O) groups excluding carboxylic acids is 1. The minimum atomic E-state index is -1.05. The van der Waals surface area contributed by atoms with Gasteiger partial charge in [-0.2, -0.15) is 0 Å². The van der Waals surface area contributed by atoms with Crippen molar-refractivity contribution in [3.05, 3.63) is 53.9 Å². The van der Waals surface area contributed by atoms with Crippen molar-refractivity contribution in [3.63, 3.8) is 0 Å². The van der Waals surface area contributed by atoms with E-state index >= 15 is 0 Å². The highest BCUT2D eigenvalue weighted by atomic mass is 32.1. The molecular formula is C26H31BO4S. The molecule has 0 saturated carbocycles. The van der Waals surface area contributed by atoms with Gasteiger partial charge in [0, 0.05) is 28.8 Å². The predicted octanol–water partition coefficient (Wildman–Crippen LogP) is 7.06. The maximum atomic E-state index is 11.6. The average molecular weight is 450 g/mol. The van der Waals surface area contributed by atoms with Crippen LogP contribution < -0.4 is 4.74 Å². The number of rotatable bonds is 11. The number of aryl methyl sites for hydroxylation is 1. The largest absolute Gasteiger partial charge is 0.497 e. The molecule has 4 nitrogen and oxygen atoms in total. The molecule has 6 heteroatoms. The van der Waals surface area contributed by atoms with Gasteiger partial charge in [0.05, 0.1) is 10.4 Å². The molecule has 1 unspecified atom stereocenters. The first-order valence-corrected chi connectivity index (χ1v) is 11.9. The van der Waals surface area contributed by atoms with E-state index in [9.17, 15) is 4.79 Å². The number of esters is 1. The molecule has 168 valence electrons. The van der Waals surface area contributed by atoms with Gasteiger partial charge in [0.15, 0.2) is 0 Å². The van der Waals surface area contributed by atoms with E-state index < -0.39 is 17.1 Å². The van der Waals surface area contributed by atoms with E-state index in [-0.39, 0.29) is 0 Å². The Morgan fingerprint density at radius 2 is 1.97 bits per heavy atom. The van der Waals surface area contributed by atoms with Crippen molar-refractivity contribution in [2.24, 2.45) is 0 Å². The van der Waals surface area contributed by atoms with Gasteiger partial charge in [-0.15, -0.1) is 11.3 Å². The average Bonchev–Trinajstić information content (AvgIpc) is 3.32. The van der Waals surface area contributed by atoms with Crippen LogP contribution in [0.5, 0.6) is 5.75 Å². The molecule has 0 aliphatic heterocycles. The summed E-state index contributed by atoms with van der Waals surface area (Å²) in [6, 6.07) is 12.1. The van der Waals surface area contributed by atoms with Gasteiger partial charge in [0.1, 0.15) is 30.5 Å². The van der Waals surface area contributed by atoms with Crippen LogP contribution in [-0.2, 0) is 16.0 Å². The van der Waals surface area contributed by atoms with Gasteiger partial charge >= 0.3 is 5.97 Å². The highest BCUT2D eigenvalue weighted by Crippen LogP contribution is 2.35. The third-order valence-corrected chi connectivity index (χ3v) is 6.25. The summed E-state index contributed by atoms with van der Waals surface area (Å²) in [6.07, 6.45) is 6.26. The smallest absolute Gasteiger partial charge is 0.330 e. The number of hydrogen-bond acceptors (Lipinski definition) is 5. The van der Waals surface area contributed by atoms with Crippen molar-refractivity contribution in [1.82, 2.24) is 0 Å². The van der Waals surface area contributed by atoms with E-state index in [4.69, 9.17) is 21.7 Å². The quantitative estimate of drug-likeness (QED) is 0.136. The fraction of sp³-hybridized carbons (Fsp3) is 0.423. The summed E-state index contributed by atoms with van der Waals surface area (Å²) in [5.74, 6) is 0.968. The summed E-state index contributed by atoms with van der Waals surface area (Å²) >= 11 is 1.79. The number of fused-ring (bicyclic) bond motifs is 1. The van der Waals surface area contributed by atoms with E-state index in [2.05, 4.69) is 31.7 Å². The highest BCUT2D eigenvalue weighted by Gasteiger charge is 2.32. The zero-order valence-electron chi connectivity index (χ0n) is 19.4. The van der Waals surface area contributed by atoms with Gasteiger partial charge < -0.3 is 13.9 Å². The standard InChI is InChI=1S/C26H31BO4S/c1-6-8-9-10-20-13-14-23(32-20)22-15-18-11-12-19(16-21(18)29-22)30-26(5,27)17-25(3,4)31-24(28)7-2/h7,11-16H,2,6,8-10,17H2,1,3-5H3. The minimum Gasteiger partial charge on any atom is -0.497 e. The van der Waals surface area contributed by atoms with Crippen LogP contribution in [0.3, 0.4) is 0 Å². The fourth-order valence-electron chi connectivity index (χ4n) is 3.89. The molecule has 2 heterocycles. The first-order valence-electron chi connectivity index (χ1n) is 11.1. The third-order valence-electron chi connectivity index (χ3n) is 5.09. The Morgan fingerprint density at radius 1 is 1.19 bits per heavy atom. The number of benzene rings is 1. The first kappa shape index (κ1) is 24.2. The molecule has 1 atom stereocenters. The van der Waals surface area contributed by atoms with Crippen molar-refractivity contribution in [2.45, 2.75) is 70.9 Å². The Kier molecular flexibility index (Phi) is 7.55. The molecule has 0 bridgehead atoms. The molecule has 0 saturated heterocycles. The lowest BCUT2D eigenvalue weighted by Gasteiger charge is -2.35. The van der Waals surface area contributed by atoms with Crippen LogP contribution in [0.15, 0.2) is 53.5 Å². The van der Waals surface area contributed by atoms with E-state index in [1.54, 1.807) is 32.1 Å². The zero-order valence-corrected chi connectivity index (χ0v) is 20.2. The number of hydrogen-bond donors (Lipinski definition) is 0. The number of furan rings is 1. The molecule has 0 fully saturated rings. The van der Waals surface area contributed by atoms with Gasteiger partial charge in [0.25, 0.3) is 0 Å². The Balaban J connectivity index is 1.72.